The average Bonchev–Trinajstić information content (AvgIpc) is 2.56. The number of hydrogen-bond donors (Lipinski definition) is 2. The first-order valence-electron chi connectivity index (χ1n) is 8.95. The predicted molar refractivity (Wildman–Crippen MR) is 95.2 cm³/mol. The van der Waals surface area contributed by atoms with E-state index in [4.69, 9.17) is 14.6 Å². The van der Waals surface area contributed by atoms with Crippen molar-refractivity contribution < 1.29 is 33.8 Å². The van der Waals surface area contributed by atoms with Crippen molar-refractivity contribution in [2.45, 2.75) is 52.2 Å². The highest BCUT2D eigenvalue weighted by atomic mass is 16.6. The topological polar surface area (TPSA) is 125 Å². The molecule has 0 unspecified atom stereocenters. The van der Waals surface area contributed by atoms with E-state index in [2.05, 4.69) is 5.32 Å². The van der Waals surface area contributed by atoms with E-state index in [9.17, 15) is 19.2 Å². The Labute approximate surface area is 158 Å². The van der Waals surface area contributed by atoms with Gasteiger partial charge in [-0.2, -0.15) is 0 Å². The molecule has 0 aliphatic carbocycles. The van der Waals surface area contributed by atoms with Crippen LogP contribution in [0.15, 0.2) is 0 Å². The molecule has 1 rings (SSSR count). The number of hydrogen-bond acceptors (Lipinski definition) is 6. The van der Waals surface area contributed by atoms with Crippen LogP contribution in [0.3, 0.4) is 0 Å². The molecule has 0 aromatic rings. The van der Waals surface area contributed by atoms with Crippen LogP contribution in [-0.4, -0.2) is 83.4 Å². The summed E-state index contributed by atoms with van der Waals surface area (Å²) >= 11 is 0. The summed E-state index contributed by atoms with van der Waals surface area (Å²) in [6, 6.07) is -0.958. The lowest BCUT2D eigenvalue weighted by Gasteiger charge is -2.35. The summed E-state index contributed by atoms with van der Waals surface area (Å²) in [6.07, 6.45) is -1.76. The van der Waals surface area contributed by atoms with Crippen LogP contribution in [0.2, 0.25) is 0 Å². The average molecular weight is 387 g/mol. The Morgan fingerprint density at radius 1 is 1.07 bits per heavy atom. The van der Waals surface area contributed by atoms with Gasteiger partial charge in [0.1, 0.15) is 11.6 Å². The molecule has 0 radical (unpaired) electrons. The minimum Gasteiger partial charge on any atom is -0.466 e. The highest BCUT2D eigenvalue weighted by Crippen LogP contribution is 2.11. The fourth-order valence-electron chi connectivity index (χ4n) is 2.54. The summed E-state index contributed by atoms with van der Waals surface area (Å²) in [7, 11) is 0. The maximum atomic E-state index is 12.8. The van der Waals surface area contributed by atoms with Crippen LogP contribution in [-0.2, 0) is 19.1 Å². The number of ether oxygens (including phenoxy) is 2. The molecule has 2 N–H and O–H groups in total. The maximum absolute atomic E-state index is 12.8. The quantitative estimate of drug-likeness (QED) is 0.652. The third kappa shape index (κ3) is 8.14. The number of carbonyl (C=O) groups is 4. The van der Waals surface area contributed by atoms with Crippen LogP contribution in [0.25, 0.3) is 0 Å². The lowest BCUT2D eigenvalue weighted by Crippen LogP contribution is -2.56. The fraction of sp³-hybridized carbons (Fsp3) is 0.765. The SMILES string of the molecule is CCOC(=O)CC[C@H](NC(=O)OC(C)(C)C)C(=O)N1CCN(C(=O)O)CC1. The van der Waals surface area contributed by atoms with Crippen molar-refractivity contribution in [3.05, 3.63) is 0 Å². The third-order valence-corrected chi connectivity index (χ3v) is 3.79. The molecule has 10 heteroatoms. The second kappa shape index (κ2) is 9.98. The second-order valence-corrected chi connectivity index (χ2v) is 7.14. The van der Waals surface area contributed by atoms with Gasteiger partial charge < -0.3 is 29.7 Å². The molecule has 1 atom stereocenters. The summed E-state index contributed by atoms with van der Waals surface area (Å²) in [5.74, 6) is -0.841. The van der Waals surface area contributed by atoms with Crippen molar-refractivity contribution in [3.63, 3.8) is 0 Å². The molecule has 27 heavy (non-hydrogen) atoms. The Hall–Kier alpha value is -2.52. The van der Waals surface area contributed by atoms with E-state index < -0.39 is 29.8 Å². The molecule has 10 nitrogen and oxygen atoms in total. The molecule has 0 saturated carbocycles. The molecule has 0 spiro atoms. The number of carboxylic acid groups (broad SMARTS) is 1. The molecule has 1 fully saturated rings. The number of alkyl carbamates (subject to hydrolysis) is 1. The van der Waals surface area contributed by atoms with Crippen LogP contribution in [0.5, 0.6) is 0 Å². The summed E-state index contributed by atoms with van der Waals surface area (Å²) in [4.78, 5) is 50.1. The molecule has 154 valence electrons. The Morgan fingerprint density at radius 3 is 2.11 bits per heavy atom. The van der Waals surface area contributed by atoms with E-state index in [0.717, 1.165) is 0 Å². The molecular formula is C17H29N3O7. The number of nitrogens with one attached hydrogen (secondary N) is 1. The highest BCUT2D eigenvalue weighted by molar-refractivity contribution is 5.86. The van der Waals surface area contributed by atoms with E-state index in [-0.39, 0.29) is 51.5 Å². The first-order chi connectivity index (χ1) is 12.5. The minimum atomic E-state index is -1.03. The van der Waals surface area contributed by atoms with Crippen molar-refractivity contribution in [1.82, 2.24) is 15.1 Å². The number of piperazine rings is 1. The first kappa shape index (κ1) is 22.5. The van der Waals surface area contributed by atoms with E-state index in [0.29, 0.717) is 0 Å². The predicted octanol–water partition coefficient (Wildman–Crippen LogP) is 1.05. The Morgan fingerprint density at radius 2 is 1.63 bits per heavy atom. The van der Waals surface area contributed by atoms with Gasteiger partial charge in [-0.3, -0.25) is 9.59 Å². The Kier molecular flexibility index (Phi) is 8.32. The van der Waals surface area contributed by atoms with E-state index >= 15 is 0 Å². The van der Waals surface area contributed by atoms with E-state index in [1.165, 1.54) is 9.80 Å². The van der Waals surface area contributed by atoms with Crippen molar-refractivity contribution >= 4 is 24.1 Å². The van der Waals surface area contributed by atoms with E-state index in [1.807, 2.05) is 0 Å². The Balaban J connectivity index is 2.73. The number of esters is 1. The summed E-state index contributed by atoms with van der Waals surface area (Å²) in [6.45, 7) is 7.84. The van der Waals surface area contributed by atoms with Crippen molar-refractivity contribution in [2.24, 2.45) is 0 Å². The molecule has 1 aliphatic rings. The zero-order valence-corrected chi connectivity index (χ0v) is 16.3. The van der Waals surface area contributed by atoms with E-state index in [1.54, 1.807) is 27.7 Å². The van der Waals surface area contributed by atoms with Crippen LogP contribution < -0.4 is 5.32 Å². The normalized spacial score (nSPS) is 15.7. The van der Waals surface area contributed by atoms with Crippen molar-refractivity contribution in [2.75, 3.05) is 32.8 Å². The van der Waals surface area contributed by atoms with Gasteiger partial charge in [0.15, 0.2) is 0 Å². The number of rotatable bonds is 6. The van der Waals surface area contributed by atoms with Crippen molar-refractivity contribution in [1.29, 1.82) is 0 Å². The van der Waals surface area contributed by atoms with Crippen molar-refractivity contribution in [3.8, 4) is 0 Å². The molecule has 0 aromatic heterocycles. The molecule has 0 aromatic carbocycles. The lowest BCUT2D eigenvalue weighted by molar-refractivity contribution is -0.143. The van der Waals surface area contributed by atoms with Gasteiger partial charge in [0.2, 0.25) is 5.91 Å². The highest BCUT2D eigenvalue weighted by Gasteiger charge is 2.31. The summed E-state index contributed by atoms with van der Waals surface area (Å²) in [5, 5.41) is 11.5. The second-order valence-electron chi connectivity index (χ2n) is 7.14. The first-order valence-corrected chi connectivity index (χ1v) is 8.95. The van der Waals surface area contributed by atoms with Crippen LogP contribution in [0, 0.1) is 0 Å². The van der Waals surface area contributed by atoms with Gasteiger partial charge in [-0.05, 0) is 34.1 Å². The Bertz CT molecular complexity index is 551. The number of nitrogens with zero attached hydrogens (tertiary/aromatic N) is 2. The molecule has 3 amide bonds. The summed E-state index contributed by atoms with van der Waals surface area (Å²) in [5.41, 5.74) is -0.730. The van der Waals surface area contributed by atoms with Gasteiger partial charge >= 0.3 is 18.2 Å². The maximum Gasteiger partial charge on any atom is 0.408 e. The largest absolute Gasteiger partial charge is 0.466 e. The van der Waals surface area contributed by atoms with Crippen LogP contribution in [0.1, 0.15) is 40.5 Å². The molecule has 1 heterocycles. The minimum absolute atomic E-state index is 0.0326. The van der Waals surface area contributed by atoms with Gasteiger partial charge in [-0.25, -0.2) is 9.59 Å². The lowest BCUT2D eigenvalue weighted by atomic mass is 10.1. The fourth-order valence-corrected chi connectivity index (χ4v) is 2.54. The van der Waals surface area contributed by atoms with Crippen LogP contribution >= 0.6 is 0 Å². The molecule has 1 aliphatic heterocycles. The van der Waals surface area contributed by atoms with Gasteiger partial charge in [-0.1, -0.05) is 0 Å². The monoisotopic (exact) mass is 387 g/mol. The third-order valence-electron chi connectivity index (χ3n) is 3.79. The zero-order valence-electron chi connectivity index (χ0n) is 16.3. The zero-order chi connectivity index (χ0) is 20.6. The number of carbonyl (C=O) groups excluding carboxylic acids is 3. The number of amides is 3. The smallest absolute Gasteiger partial charge is 0.408 e. The van der Waals surface area contributed by atoms with Gasteiger partial charge in [0, 0.05) is 32.6 Å². The standard InChI is InChI=1S/C17H29N3O7/c1-5-26-13(21)7-6-12(18-15(23)27-17(2,3)4)14(22)19-8-10-20(11-9-19)16(24)25/h12H,5-11H2,1-4H3,(H,18,23)(H,24,25)/t12-/m0/s1. The van der Waals surface area contributed by atoms with Crippen LogP contribution in [0.4, 0.5) is 9.59 Å². The molecule has 0 bridgehead atoms. The van der Waals surface area contributed by atoms with Gasteiger partial charge in [-0.15, -0.1) is 0 Å². The summed E-state index contributed by atoms with van der Waals surface area (Å²) < 4.78 is 10.0. The molecular weight excluding hydrogens is 358 g/mol. The molecule has 1 saturated heterocycles. The van der Waals surface area contributed by atoms with Gasteiger partial charge in [0.05, 0.1) is 6.61 Å². The van der Waals surface area contributed by atoms with Gasteiger partial charge in [0.25, 0.3) is 0 Å².